The molecule has 0 spiro atoms. The van der Waals surface area contributed by atoms with E-state index in [1.165, 1.54) is 37.7 Å². The molecular formula is C17H29O5P. The van der Waals surface area contributed by atoms with E-state index in [0.29, 0.717) is 5.75 Å². The molecule has 0 heterocycles. The molecule has 0 unspecified atom stereocenters. The van der Waals surface area contributed by atoms with Crippen LogP contribution in [0.1, 0.15) is 51.5 Å². The highest BCUT2D eigenvalue weighted by Crippen LogP contribution is 2.35. The van der Waals surface area contributed by atoms with E-state index in [2.05, 4.69) is 18.4 Å². The second-order valence-electron chi connectivity index (χ2n) is 6.16. The molecule has 1 rings (SSSR count). The number of phosphoric ester groups is 1. The van der Waals surface area contributed by atoms with Crippen molar-refractivity contribution in [2.75, 3.05) is 13.2 Å². The molecule has 1 aromatic carbocycles. The van der Waals surface area contributed by atoms with Crippen LogP contribution in [0.25, 0.3) is 0 Å². The van der Waals surface area contributed by atoms with Crippen molar-refractivity contribution in [2.24, 2.45) is 5.92 Å². The number of benzene rings is 1. The van der Waals surface area contributed by atoms with Gasteiger partial charge in [-0.05, 0) is 36.5 Å². The monoisotopic (exact) mass is 344 g/mol. The van der Waals surface area contributed by atoms with Crippen LogP contribution in [0, 0.1) is 5.92 Å². The van der Waals surface area contributed by atoms with E-state index in [9.17, 15) is 4.57 Å². The van der Waals surface area contributed by atoms with E-state index >= 15 is 0 Å². The highest BCUT2D eigenvalue weighted by Gasteiger charge is 2.12. The number of ether oxygens (including phenoxy) is 1. The first kappa shape index (κ1) is 20.2. The van der Waals surface area contributed by atoms with Gasteiger partial charge in [-0.3, -0.25) is 4.52 Å². The van der Waals surface area contributed by atoms with Crippen LogP contribution in [0.5, 0.6) is 5.75 Å². The molecule has 132 valence electrons. The Morgan fingerprint density at radius 2 is 1.65 bits per heavy atom. The Bertz CT molecular complexity index is 466. The Labute approximate surface area is 139 Å². The van der Waals surface area contributed by atoms with E-state index in [-0.39, 0.29) is 13.2 Å². The molecule has 6 heteroatoms. The van der Waals surface area contributed by atoms with Crippen LogP contribution in [-0.4, -0.2) is 23.0 Å². The molecule has 0 radical (unpaired) electrons. The zero-order chi connectivity index (χ0) is 17.1. The van der Waals surface area contributed by atoms with Gasteiger partial charge in [-0.25, -0.2) is 4.57 Å². The summed E-state index contributed by atoms with van der Waals surface area (Å²) in [6, 6.07) is 7.83. The largest absolute Gasteiger partial charge is 0.491 e. The lowest BCUT2D eigenvalue weighted by Crippen LogP contribution is -2.05. The topological polar surface area (TPSA) is 76.0 Å². The van der Waals surface area contributed by atoms with Crippen molar-refractivity contribution in [2.45, 2.75) is 52.4 Å². The molecule has 2 N–H and O–H groups in total. The normalized spacial score (nSPS) is 11.9. The molecule has 0 aliphatic rings. The van der Waals surface area contributed by atoms with E-state index in [0.717, 1.165) is 12.3 Å². The molecule has 0 saturated carbocycles. The smallest absolute Gasteiger partial charge is 0.469 e. The molecule has 5 nitrogen and oxygen atoms in total. The Balaban J connectivity index is 2.14. The molecule has 0 atom stereocenters. The Morgan fingerprint density at radius 1 is 1.00 bits per heavy atom. The number of unbranched alkanes of at least 4 members (excludes halogenated alkanes) is 3. The van der Waals surface area contributed by atoms with E-state index in [1.54, 1.807) is 0 Å². The lowest BCUT2D eigenvalue weighted by molar-refractivity contribution is 0.160. The summed E-state index contributed by atoms with van der Waals surface area (Å²) in [5.74, 6) is 1.48. The first-order valence-electron chi connectivity index (χ1n) is 8.28. The summed E-state index contributed by atoms with van der Waals surface area (Å²) in [5, 5.41) is 0. The average Bonchev–Trinajstić information content (AvgIpc) is 2.47. The maximum atomic E-state index is 10.5. The van der Waals surface area contributed by atoms with Crippen LogP contribution in [0.2, 0.25) is 0 Å². The zero-order valence-corrected chi connectivity index (χ0v) is 15.0. The highest BCUT2D eigenvalue weighted by atomic mass is 31.2. The molecule has 1 aromatic rings. The second kappa shape index (κ2) is 10.8. The third-order valence-corrected chi connectivity index (χ3v) is 4.05. The van der Waals surface area contributed by atoms with Crippen molar-refractivity contribution in [3.05, 3.63) is 29.8 Å². The summed E-state index contributed by atoms with van der Waals surface area (Å²) in [4.78, 5) is 17.1. The zero-order valence-electron chi connectivity index (χ0n) is 14.1. The lowest BCUT2D eigenvalue weighted by atomic mass is 10.0. The molecule has 0 fully saturated rings. The van der Waals surface area contributed by atoms with Crippen molar-refractivity contribution in [1.29, 1.82) is 0 Å². The van der Waals surface area contributed by atoms with E-state index in [1.807, 2.05) is 24.3 Å². The number of hydrogen-bond acceptors (Lipinski definition) is 3. The number of hydrogen-bond donors (Lipinski definition) is 2. The molecule has 0 bridgehead atoms. The van der Waals surface area contributed by atoms with Crippen molar-refractivity contribution in [3.63, 3.8) is 0 Å². The fourth-order valence-electron chi connectivity index (χ4n) is 2.30. The summed E-state index contributed by atoms with van der Waals surface area (Å²) in [6.45, 7) is 4.51. The van der Waals surface area contributed by atoms with Crippen LogP contribution >= 0.6 is 7.82 Å². The number of rotatable bonds is 12. The SMILES string of the molecule is CC(C)CCCCCCc1ccc(OCCOP(=O)(O)O)cc1. The van der Waals surface area contributed by atoms with Gasteiger partial charge in [0.25, 0.3) is 0 Å². The highest BCUT2D eigenvalue weighted by molar-refractivity contribution is 7.46. The van der Waals surface area contributed by atoms with Gasteiger partial charge in [-0.1, -0.05) is 51.7 Å². The van der Waals surface area contributed by atoms with E-state index in [4.69, 9.17) is 14.5 Å². The Kier molecular flexibility index (Phi) is 9.49. The molecule has 0 saturated heterocycles. The average molecular weight is 344 g/mol. The Morgan fingerprint density at radius 3 is 2.26 bits per heavy atom. The standard InChI is InChI=1S/C17H29O5P/c1-15(2)7-5-3-4-6-8-16-9-11-17(12-10-16)21-13-14-22-23(18,19)20/h9-12,15H,3-8,13-14H2,1-2H3,(H2,18,19,20). The van der Waals surface area contributed by atoms with Gasteiger partial charge >= 0.3 is 7.82 Å². The minimum Gasteiger partial charge on any atom is -0.491 e. The quantitative estimate of drug-likeness (QED) is 0.436. The Hall–Kier alpha value is -0.870. The van der Waals surface area contributed by atoms with Crippen LogP contribution in [0.15, 0.2) is 24.3 Å². The van der Waals surface area contributed by atoms with Gasteiger partial charge in [0.1, 0.15) is 12.4 Å². The molecular weight excluding hydrogens is 315 g/mol. The fraction of sp³-hybridized carbons (Fsp3) is 0.647. The summed E-state index contributed by atoms with van der Waals surface area (Å²) in [5.41, 5.74) is 1.28. The predicted molar refractivity (Wildman–Crippen MR) is 91.6 cm³/mol. The van der Waals surface area contributed by atoms with Gasteiger partial charge in [0.2, 0.25) is 0 Å². The first-order valence-corrected chi connectivity index (χ1v) is 9.81. The van der Waals surface area contributed by atoms with Crippen molar-refractivity contribution < 1.29 is 23.6 Å². The van der Waals surface area contributed by atoms with Crippen molar-refractivity contribution >= 4 is 7.82 Å². The number of phosphoric acid groups is 1. The van der Waals surface area contributed by atoms with Crippen molar-refractivity contribution in [3.8, 4) is 5.75 Å². The lowest BCUT2D eigenvalue weighted by Gasteiger charge is -2.08. The molecule has 0 aliphatic carbocycles. The van der Waals surface area contributed by atoms with Gasteiger partial charge in [0.15, 0.2) is 0 Å². The first-order chi connectivity index (χ1) is 10.9. The van der Waals surface area contributed by atoms with Gasteiger partial charge < -0.3 is 14.5 Å². The van der Waals surface area contributed by atoms with Gasteiger partial charge in [-0.15, -0.1) is 0 Å². The molecule has 0 aliphatic heterocycles. The maximum absolute atomic E-state index is 10.5. The summed E-state index contributed by atoms with van der Waals surface area (Å²) >= 11 is 0. The van der Waals surface area contributed by atoms with Crippen LogP contribution < -0.4 is 4.74 Å². The van der Waals surface area contributed by atoms with Crippen LogP contribution in [0.4, 0.5) is 0 Å². The third kappa shape index (κ3) is 11.3. The van der Waals surface area contributed by atoms with Crippen molar-refractivity contribution in [1.82, 2.24) is 0 Å². The second-order valence-corrected chi connectivity index (χ2v) is 7.40. The molecule has 0 amide bonds. The van der Waals surface area contributed by atoms with Crippen LogP contribution in [-0.2, 0) is 15.5 Å². The van der Waals surface area contributed by atoms with Gasteiger partial charge in [0, 0.05) is 0 Å². The third-order valence-electron chi connectivity index (χ3n) is 3.53. The van der Waals surface area contributed by atoms with Gasteiger partial charge in [0.05, 0.1) is 6.61 Å². The van der Waals surface area contributed by atoms with Gasteiger partial charge in [-0.2, -0.15) is 0 Å². The maximum Gasteiger partial charge on any atom is 0.469 e. The molecule has 0 aromatic heterocycles. The molecule has 23 heavy (non-hydrogen) atoms. The predicted octanol–water partition coefficient (Wildman–Crippen LogP) is 4.32. The fourth-order valence-corrected chi connectivity index (χ4v) is 2.62. The summed E-state index contributed by atoms with van der Waals surface area (Å²) < 4.78 is 20.2. The minimum atomic E-state index is -4.40. The number of aryl methyl sites for hydroxylation is 1. The summed E-state index contributed by atoms with van der Waals surface area (Å²) in [6.07, 6.45) is 7.49. The van der Waals surface area contributed by atoms with E-state index < -0.39 is 7.82 Å². The summed E-state index contributed by atoms with van der Waals surface area (Å²) in [7, 11) is -4.40. The van der Waals surface area contributed by atoms with Crippen LogP contribution in [0.3, 0.4) is 0 Å². The minimum absolute atomic E-state index is 0.111.